The second-order valence-electron chi connectivity index (χ2n) is 5.46. The van der Waals surface area contributed by atoms with Crippen molar-refractivity contribution >= 4 is 11.0 Å². The largest absolute Gasteiger partial charge is 0.494 e. The van der Waals surface area contributed by atoms with Crippen LogP contribution in [0.1, 0.15) is 12.2 Å². The Morgan fingerprint density at radius 3 is 2.65 bits per heavy atom. The van der Waals surface area contributed by atoms with E-state index < -0.39 is 0 Å². The van der Waals surface area contributed by atoms with E-state index in [2.05, 4.69) is 9.97 Å². The molecule has 1 N–H and O–H groups in total. The molecule has 0 fully saturated rings. The summed E-state index contributed by atoms with van der Waals surface area (Å²) < 4.78 is 16.9. The fourth-order valence-corrected chi connectivity index (χ4v) is 2.66. The van der Waals surface area contributed by atoms with Crippen LogP contribution >= 0.6 is 0 Å². The van der Waals surface area contributed by atoms with Gasteiger partial charge in [-0.15, -0.1) is 0 Å². The van der Waals surface area contributed by atoms with Crippen LogP contribution in [0.4, 0.5) is 0 Å². The lowest BCUT2D eigenvalue weighted by Crippen LogP contribution is -2.15. The summed E-state index contributed by atoms with van der Waals surface area (Å²) in [6.07, 6.45) is 1.75. The van der Waals surface area contributed by atoms with Gasteiger partial charge in [0.05, 0.1) is 17.6 Å². The predicted octanol–water partition coefficient (Wildman–Crippen LogP) is 3.35. The highest BCUT2D eigenvalue weighted by molar-refractivity contribution is 5.79. The van der Waals surface area contributed by atoms with Crippen LogP contribution in [0.15, 0.2) is 42.5 Å². The first-order chi connectivity index (χ1) is 11.4. The van der Waals surface area contributed by atoms with Gasteiger partial charge in [0.25, 0.3) is 0 Å². The van der Waals surface area contributed by atoms with Crippen molar-refractivity contribution in [2.75, 3.05) is 19.8 Å². The van der Waals surface area contributed by atoms with Gasteiger partial charge in [0.2, 0.25) is 0 Å². The van der Waals surface area contributed by atoms with E-state index in [0.717, 1.165) is 46.9 Å². The minimum Gasteiger partial charge on any atom is -0.494 e. The topological polar surface area (TPSA) is 56.4 Å². The molecule has 0 radical (unpaired) electrons. The normalized spacial score (nSPS) is 13.2. The summed E-state index contributed by atoms with van der Waals surface area (Å²) in [4.78, 5) is 7.96. The summed E-state index contributed by atoms with van der Waals surface area (Å²) in [5.41, 5.74) is 1.89. The first kappa shape index (κ1) is 13.9. The number of hydrogen-bond acceptors (Lipinski definition) is 4. The van der Waals surface area contributed by atoms with Crippen LogP contribution in [0.2, 0.25) is 0 Å². The summed E-state index contributed by atoms with van der Waals surface area (Å²) >= 11 is 0. The standard InChI is InChI=1S/C18H18N2O3/c1-2-5-13(6-3-1)21-8-4-7-18-19-14-11-16-17(12-15(14)20-18)23-10-9-22-16/h1-3,5-6,11-12H,4,7-10H2,(H,19,20). The molecular formula is C18H18N2O3. The smallest absolute Gasteiger partial charge is 0.163 e. The third-order valence-electron chi connectivity index (χ3n) is 3.76. The van der Waals surface area contributed by atoms with Gasteiger partial charge in [0, 0.05) is 18.6 Å². The van der Waals surface area contributed by atoms with E-state index in [1.165, 1.54) is 0 Å². The highest BCUT2D eigenvalue weighted by Gasteiger charge is 2.14. The zero-order chi connectivity index (χ0) is 15.5. The SMILES string of the molecule is c1ccc(OCCCc2nc3cc4c(cc3[nH]2)OCCO4)cc1. The van der Waals surface area contributed by atoms with Crippen LogP contribution in [-0.4, -0.2) is 29.8 Å². The molecule has 2 aromatic carbocycles. The number of benzene rings is 2. The highest BCUT2D eigenvalue weighted by atomic mass is 16.6. The zero-order valence-electron chi connectivity index (χ0n) is 12.7. The Morgan fingerprint density at radius 2 is 1.83 bits per heavy atom. The van der Waals surface area contributed by atoms with Gasteiger partial charge < -0.3 is 19.2 Å². The summed E-state index contributed by atoms with van der Waals surface area (Å²) in [6, 6.07) is 13.7. The minimum atomic E-state index is 0.590. The quantitative estimate of drug-likeness (QED) is 0.734. The van der Waals surface area contributed by atoms with Crippen molar-refractivity contribution in [1.82, 2.24) is 9.97 Å². The van der Waals surface area contributed by atoms with Gasteiger partial charge >= 0.3 is 0 Å². The van der Waals surface area contributed by atoms with Crippen molar-refractivity contribution in [1.29, 1.82) is 0 Å². The van der Waals surface area contributed by atoms with E-state index in [1.807, 2.05) is 42.5 Å². The van der Waals surface area contributed by atoms with Gasteiger partial charge in [-0.25, -0.2) is 4.98 Å². The first-order valence-corrected chi connectivity index (χ1v) is 7.84. The molecule has 0 unspecified atom stereocenters. The van der Waals surface area contributed by atoms with Crippen LogP contribution in [0.25, 0.3) is 11.0 Å². The van der Waals surface area contributed by atoms with E-state index in [4.69, 9.17) is 14.2 Å². The molecular weight excluding hydrogens is 292 g/mol. The van der Waals surface area contributed by atoms with Crippen molar-refractivity contribution in [3.05, 3.63) is 48.3 Å². The average molecular weight is 310 g/mol. The Bertz CT molecular complexity index is 756. The second kappa shape index (κ2) is 6.20. The third-order valence-corrected chi connectivity index (χ3v) is 3.76. The first-order valence-electron chi connectivity index (χ1n) is 7.84. The molecule has 0 saturated heterocycles. The fraction of sp³-hybridized carbons (Fsp3) is 0.278. The van der Waals surface area contributed by atoms with Crippen LogP contribution in [0, 0.1) is 0 Å². The van der Waals surface area contributed by atoms with E-state index in [9.17, 15) is 0 Å². The molecule has 1 aromatic heterocycles. The number of imidazole rings is 1. The number of fused-ring (bicyclic) bond motifs is 2. The second-order valence-corrected chi connectivity index (χ2v) is 5.46. The maximum absolute atomic E-state index is 5.70. The Kier molecular flexibility index (Phi) is 3.76. The van der Waals surface area contributed by atoms with E-state index >= 15 is 0 Å². The average Bonchev–Trinajstić information content (AvgIpc) is 2.99. The third kappa shape index (κ3) is 3.08. The number of nitrogens with zero attached hydrogens (tertiary/aromatic N) is 1. The molecule has 1 aliphatic heterocycles. The Morgan fingerprint density at radius 1 is 1.04 bits per heavy atom. The number of aryl methyl sites for hydroxylation is 1. The van der Waals surface area contributed by atoms with Gasteiger partial charge in [0.1, 0.15) is 24.8 Å². The lowest BCUT2D eigenvalue weighted by Gasteiger charge is -2.17. The molecule has 5 nitrogen and oxygen atoms in total. The molecule has 4 rings (SSSR count). The molecule has 118 valence electrons. The Balaban J connectivity index is 1.39. The number of hydrogen-bond donors (Lipinski definition) is 1. The number of para-hydroxylation sites is 1. The summed E-state index contributed by atoms with van der Waals surface area (Å²) in [7, 11) is 0. The van der Waals surface area contributed by atoms with Crippen molar-refractivity contribution in [3.8, 4) is 17.2 Å². The van der Waals surface area contributed by atoms with Gasteiger partial charge in [-0.2, -0.15) is 0 Å². The molecule has 23 heavy (non-hydrogen) atoms. The molecule has 0 bridgehead atoms. The Labute approximate surface area is 134 Å². The number of nitrogens with one attached hydrogen (secondary N) is 1. The van der Waals surface area contributed by atoms with E-state index in [0.29, 0.717) is 19.8 Å². The zero-order valence-corrected chi connectivity index (χ0v) is 12.7. The summed E-state index contributed by atoms with van der Waals surface area (Å²) in [6.45, 7) is 1.85. The lowest BCUT2D eigenvalue weighted by atomic mass is 10.2. The van der Waals surface area contributed by atoms with Crippen molar-refractivity contribution in [3.63, 3.8) is 0 Å². The lowest BCUT2D eigenvalue weighted by molar-refractivity contribution is 0.172. The van der Waals surface area contributed by atoms with E-state index in [-0.39, 0.29) is 0 Å². The molecule has 5 heteroatoms. The van der Waals surface area contributed by atoms with Crippen LogP contribution in [0.5, 0.6) is 17.2 Å². The van der Waals surface area contributed by atoms with Crippen LogP contribution in [0.3, 0.4) is 0 Å². The number of H-pyrrole nitrogens is 1. The van der Waals surface area contributed by atoms with Crippen LogP contribution < -0.4 is 14.2 Å². The van der Waals surface area contributed by atoms with Crippen molar-refractivity contribution < 1.29 is 14.2 Å². The monoisotopic (exact) mass is 310 g/mol. The molecule has 0 amide bonds. The summed E-state index contributed by atoms with van der Waals surface area (Å²) in [5, 5.41) is 0. The maximum atomic E-state index is 5.70. The molecule has 1 aliphatic rings. The van der Waals surface area contributed by atoms with Gasteiger partial charge in [-0.3, -0.25) is 0 Å². The van der Waals surface area contributed by atoms with Gasteiger partial charge in [-0.1, -0.05) is 18.2 Å². The minimum absolute atomic E-state index is 0.590. The number of ether oxygens (including phenoxy) is 3. The Hall–Kier alpha value is -2.69. The summed E-state index contributed by atoms with van der Waals surface area (Å²) in [5.74, 6) is 3.42. The van der Waals surface area contributed by atoms with Crippen molar-refractivity contribution in [2.24, 2.45) is 0 Å². The maximum Gasteiger partial charge on any atom is 0.163 e. The molecule has 3 aromatic rings. The number of rotatable bonds is 5. The molecule has 0 atom stereocenters. The van der Waals surface area contributed by atoms with E-state index in [1.54, 1.807) is 0 Å². The number of aromatic nitrogens is 2. The number of aromatic amines is 1. The molecule has 0 spiro atoms. The predicted molar refractivity (Wildman–Crippen MR) is 87.3 cm³/mol. The van der Waals surface area contributed by atoms with Crippen LogP contribution in [-0.2, 0) is 6.42 Å². The highest BCUT2D eigenvalue weighted by Crippen LogP contribution is 2.33. The molecule has 0 saturated carbocycles. The van der Waals surface area contributed by atoms with Gasteiger partial charge in [0.15, 0.2) is 11.5 Å². The fourth-order valence-electron chi connectivity index (χ4n) is 2.66. The van der Waals surface area contributed by atoms with Gasteiger partial charge in [-0.05, 0) is 18.6 Å². The molecule has 2 heterocycles. The molecule has 0 aliphatic carbocycles. The van der Waals surface area contributed by atoms with Crippen molar-refractivity contribution in [2.45, 2.75) is 12.8 Å².